The molecule has 1 atom stereocenters. The van der Waals surface area contributed by atoms with Crippen molar-refractivity contribution < 1.29 is 26.0 Å². The third kappa shape index (κ3) is 12.0. The number of hydrogen-bond donors (Lipinski definition) is 2. The fourth-order valence-corrected chi connectivity index (χ4v) is 6.57. The van der Waals surface area contributed by atoms with Crippen LogP contribution in [0.4, 0.5) is 0 Å². The number of hydrogen-bond acceptors (Lipinski definition) is 0. The Bertz CT molecular complexity index is 178. The van der Waals surface area contributed by atoms with E-state index in [1.807, 2.05) is 0 Å². The summed E-state index contributed by atoms with van der Waals surface area (Å²) in [6, 6.07) is 0. The average molecular weight is 352 g/mol. The van der Waals surface area contributed by atoms with Gasteiger partial charge in [0.15, 0.2) is 0 Å². The standard InChI is InChI=1S/C10H25OPS2.Mo/c1-9(2)5-7-14(12(11)13)8-6-10(3)4;/h9-13H,5-8H2,1-4H3;. The predicted octanol–water partition coefficient (Wildman–Crippen LogP) is 3.58. The van der Waals surface area contributed by atoms with Gasteiger partial charge in [0.1, 0.15) is 0 Å². The zero-order valence-corrected chi connectivity index (χ0v) is 14.9. The quantitative estimate of drug-likeness (QED) is 0.425. The van der Waals surface area contributed by atoms with Crippen LogP contribution >= 0.6 is 18.4 Å². The molecule has 0 aliphatic carbocycles. The van der Waals surface area contributed by atoms with Gasteiger partial charge in [-0.3, -0.25) is 0 Å². The maximum atomic E-state index is 9.62. The summed E-state index contributed by atoms with van der Waals surface area (Å²) in [5.41, 5.74) is 0. The molecule has 0 heterocycles. The van der Waals surface area contributed by atoms with Crippen LogP contribution in [0.25, 0.3) is 0 Å². The first-order valence-corrected chi connectivity index (χ1v) is 10.4. The van der Waals surface area contributed by atoms with Gasteiger partial charge in [0.2, 0.25) is 0 Å². The van der Waals surface area contributed by atoms with Crippen LogP contribution < -0.4 is 0 Å². The molecular formula is C10H25MoOPS2. The van der Waals surface area contributed by atoms with Crippen molar-refractivity contribution in [3.05, 3.63) is 0 Å². The van der Waals surface area contributed by atoms with Gasteiger partial charge in [0, 0.05) is 21.1 Å². The summed E-state index contributed by atoms with van der Waals surface area (Å²) in [5, 5.41) is 0. The Balaban J connectivity index is 0. The van der Waals surface area contributed by atoms with Crippen LogP contribution in [0.15, 0.2) is 0 Å². The summed E-state index contributed by atoms with van der Waals surface area (Å²) in [5.74, 6) is 3.86. The van der Waals surface area contributed by atoms with Crippen molar-refractivity contribution in [1.82, 2.24) is 0 Å². The molecule has 0 rings (SSSR count). The third-order valence-electron chi connectivity index (χ3n) is 2.14. The van der Waals surface area contributed by atoms with Crippen molar-refractivity contribution in [2.24, 2.45) is 11.8 Å². The smallest absolute Gasteiger partial charge is 0.0631 e. The Morgan fingerprint density at radius 3 is 1.60 bits per heavy atom. The van der Waals surface area contributed by atoms with Gasteiger partial charge < -0.3 is 4.89 Å². The largest absolute Gasteiger partial charge is 0.364 e. The normalized spacial score (nSPS) is 13.4. The van der Waals surface area contributed by atoms with Gasteiger partial charge in [0.25, 0.3) is 0 Å². The van der Waals surface area contributed by atoms with E-state index >= 15 is 0 Å². The molecule has 0 aromatic rings. The minimum absolute atomic E-state index is 0. The molecule has 1 N–H and O–H groups in total. The van der Waals surface area contributed by atoms with Crippen LogP contribution in [0.5, 0.6) is 0 Å². The second-order valence-corrected chi connectivity index (χ2v) is 12.0. The molecule has 0 radical (unpaired) electrons. The van der Waals surface area contributed by atoms with Crippen LogP contribution in [-0.4, -0.2) is 16.4 Å². The molecule has 0 saturated carbocycles. The molecular weight excluding hydrogens is 327 g/mol. The van der Waals surface area contributed by atoms with Gasteiger partial charge in [-0.25, -0.2) is 0 Å². The Kier molecular flexibility index (Phi) is 13.9. The molecule has 15 heavy (non-hydrogen) atoms. The van der Waals surface area contributed by atoms with Gasteiger partial charge in [0.05, 0.1) is 6.13 Å². The van der Waals surface area contributed by atoms with Crippen molar-refractivity contribution in [2.75, 3.05) is 11.5 Å². The van der Waals surface area contributed by atoms with Crippen LogP contribution in [-0.2, 0) is 31.1 Å². The molecule has 0 bridgehead atoms. The molecule has 0 aliphatic rings. The minimum atomic E-state index is -1.34. The molecule has 1 unspecified atom stereocenters. The fourth-order valence-electron chi connectivity index (χ4n) is 1.04. The van der Waals surface area contributed by atoms with Crippen molar-refractivity contribution in [3.63, 3.8) is 0 Å². The summed E-state index contributed by atoms with van der Waals surface area (Å²) in [6.45, 7) is 8.97. The summed E-state index contributed by atoms with van der Waals surface area (Å²) in [6.07, 6.45) is 1.12. The van der Waals surface area contributed by atoms with Crippen LogP contribution in [0.2, 0.25) is 0 Å². The van der Waals surface area contributed by atoms with Crippen LogP contribution in [0.3, 0.4) is 0 Å². The number of thiol groups is 1. The SMILES string of the molecule is CC(C)CCS(CCC(C)C)=[PH](O)S.[Mo]. The molecule has 0 spiro atoms. The van der Waals surface area contributed by atoms with Crippen molar-refractivity contribution >= 4 is 28.4 Å². The Hall–Kier alpha value is 1.78. The van der Waals surface area contributed by atoms with Gasteiger partial charge in [-0.1, -0.05) is 27.7 Å². The number of rotatable bonds is 6. The maximum absolute atomic E-state index is 9.62. The van der Waals surface area contributed by atoms with E-state index in [9.17, 15) is 4.89 Å². The van der Waals surface area contributed by atoms with Gasteiger partial charge >= 0.3 is 0 Å². The molecule has 0 aliphatic heterocycles. The molecule has 0 aromatic heterocycles. The van der Waals surface area contributed by atoms with Crippen molar-refractivity contribution in [1.29, 1.82) is 0 Å². The maximum Gasteiger partial charge on any atom is 0.0631 e. The molecule has 94 valence electrons. The Morgan fingerprint density at radius 2 is 1.40 bits per heavy atom. The van der Waals surface area contributed by atoms with Gasteiger partial charge in [-0.05, 0) is 36.2 Å². The van der Waals surface area contributed by atoms with Crippen LogP contribution in [0, 0.1) is 11.8 Å². The molecule has 5 heteroatoms. The summed E-state index contributed by atoms with van der Waals surface area (Å²) in [4.78, 5) is 9.62. The molecule has 0 fully saturated rings. The minimum Gasteiger partial charge on any atom is -0.364 e. The first kappa shape index (κ1) is 19.1. The predicted molar refractivity (Wildman–Crippen MR) is 75.5 cm³/mol. The second kappa shape index (κ2) is 10.9. The molecule has 0 aromatic carbocycles. The molecule has 0 saturated heterocycles. The van der Waals surface area contributed by atoms with Crippen molar-refractivity contribution in [3.8, 4) is 0 Å². The van der Waals surface area contributed by atoms with E-state index in [1.54, 1.807) is 0 Å². The van der Waals surface area contributed by atoms with Crippen LogP contribution in [0.1, 0.15) is 40.5 Å². The monoisotopic (exact) mass is 354 g/mol. The van der Waals surface area contributed by atoms with E-state index in [0.29, 0.717) is 0 Å². The molecule has 0 amide bonds. The molecule has 1 nitrogen and oxygen atoms in total. The van der Waals surface area contributed by atoms with Gasteiger partial charge in [-0.15, -0.1) is 12.2 Å². The Labute approximate surface area is 118 Å². The first-order valence-electron chi connectivity index (χ1n) is 5.35. The van der Waals surface area contributed by atoms with E-state index in [-0.39, 0.29) is 31.1 Å². The summed E-state index contributed by atoms with van der Waals surface area (Å²) in [7, 11) is 0.204. The topological polar surface area (TPSA) is 20.2 Å². The van der Waals surface area contributed by atoms with Gasteiger partial charge in [-0.2, -0.15) is 10.1 Å². The first-order chi connectivity index (χ1) is 6.43. The Morgan fingerprint density at radius 1 is 1.07 bits per heavy atom. The third-order valence-corrected chi connectivity index (χ3v) is 9.21. The van der Waals surface area contributed by atoms with E-state index in [2.05, 4.69) is 39.9 Å². The zero-order valence-electron chi connectivity index (χ0n) is 10.2. The summed E-state index contributed by atoms with van der Waals surface area (Å²) >= 11 is 4.27. The zero-order chi connectivity index (χ0) is 11.1. The summed E-state index contributed by atoms with van der Waals surface area (Å²) < 4.78 is 0. The van der Waals surface area contributed by atoms with E-state index in [0.717, 1.165) is 11.8 Å². The van der Waals surface area contributed by atoms with E-state index in [4.69, 9.17) is 0 Å². The van der Waals surface area contributed by atoms with Crippen molar-refractivity contribution in [2.45, 2.75) is 40.5 Å². The average Bonchev–Trinajstić information content (AvgIpc) is 2.02. The fraction of sp³-hybridized carbons (Fsp3) is 1.00. The van der Waals surface area contributed by atoms with E-state index in [1.165, 1.54) is 24.3 Å². The second-order valence-electron chi connectivity index (χ2n) is 4.55. The van der Waals surface area contributed by atoms with E-state index < -0.39 is 6.13 Å².